The Morgan fingerprint density at radius 2 is 2.03 bits per heavy atom. The van der Waals surface area contributed by atoms with Gasteiger partial charge in [0.05, 0.1) is 16.9 Å². The van der Waals surface area contributed by atoms with Crippen molar-refractivity contribution in [2.45, 2.75) is 19.9 Å². The lowest BCUT2D eigenvalue weighted by Gasteiger charge is -2.20. The first-order valence-electron chi connectivity index (χ1n) is 9.77. The summed E-state index contributed by atoms with van der Waals surface area (Å²) in [6.07, 6.45) is 3.15. The van der Waals surface area contributed by atoms with Gasteiger partial charge in [0, 0.05) is 10.6 Å². The van der Waals surface area contributed by atoms with Crippen LogP contribution in [0.3, 0.4) is 0 Å². The van der Waals surface area contributed by atoms with Crippen molar-refractivity contribution in [3.05, 3.63) is 68.8 Å². The Bertz CT molecular complexity index is 1010. The molecule has 0 fully saturated rings. The van der Waals surface area contributed by atoms with E-state index in [1.165, 1.54) is 6.21 Å². The summed E-state index contributed by atoms with van der Waals surface area (Å²) in [5.74, 6) is 0.174. The van der Waals surface area contributed by atoms with E-state index >= 15 is 0 Å². The molecule has 0 spiro atoms. The van der Waals surface area contributed by atoms with Gasteiger partial charge in [0.1, 0.15) is 12.6 Å². The number of hydrazone groups is 1. The molecule has 0 saturated heterocycles. The predicted octanol–water partition coefficient (Wildman–Crippen LogP) is 4.42. The number of nitrogens with zero attached hydrogens (tertiary/aromatic N) is 1. The van der Waals surface area contributed by atoms with Crippen LogP contribution in [0.15, 0.2) is 54.2 Å². The molecule has 1 atom stereocenters. The van der Waals surface area contributed by atoms with Crippen LogP contribution in [0.5, 0.6) is 11.5 Å². The highest BCUT2D eigenvalue weighted by atomic mass is 127. The highest BCUT2D eigenvalue weighted by Gasteiger charge is 2.24. The van der Waals surface area contributed by atoms with Crippen molar-refractivity contribution in [3.8, 4) is 11.5 Å². The molecule has 2 aromatic carbocycles. The number of ether oxygens (including phenoxy) is 2. The second-order valence-corrected chi connectivity index (χ2v) is 8.67. The van der Waals surface area contributed by atoms with Gasteiger partial charge < -0.3 is 14.8 Å². The Labute approximate surface area is 206 Å². The Morgan fingerprint density at radius 1 is 1.28 bits per heavy atom. The lowest BCUT2D eigenvalue weighted by Crippen LogP contribution is -2.48. The highest BCUT2D eigenvalue weighted by Crippen LogP contribution is 2.33. The Kier molecular flexibility index (Phi) is 9.98. The first kappa shape index (κ1) is 25.7. The van der Waals surface area contributed by atoms with E-state index in [-0.39, 0.29) is 11.8 Å². The Hall–Kier alpha value is -2.59. The molecule has 0 heterocycles. The molecule has 2 rings (SSSR count). The highest BCUT2D eigenvalue weighted by molar-refractivity contribution is 14.1. The minimum absolute atomic E-state index is 0.157. The fraction of sp³-hybridized carbons (Fsp3) is 0.261. The predicted molar refractivity (Wildman–Crippen MR) is 135 cm³/mol. The quantitative estimate of drug-likeness (QED) is 0.192. The molecule has 32 heavy (non-hydrogen) atoms. The van der Waals surface area contributed by atoms with Crippen LogP contribution in [-0.2, 0) is 4.79 Å². The SMILES string of the molecule is C=CCOc1c(I)cc(/C=N\NC(=O)C(NC(=O)c2cccc(Cl)c2)C(C)C)cc1OC. The molecule has 0 aromatic heterocycles. The lowest BCUT2D eigenvalue weighted by atomic mass is 10.0. The summed E-state index contributed by atoms with van der Waals surface area (Å²) < 4.78 is 11.8. The Morgan fingerprint density at radius 3 is 2.66 bits per heavy atom. The van der Waals surface area contributed by atoms with E-state index in [0.717, 1.165) is 3.57 Å². The number of rotatable bonds is 10. The largest absolute Gasteiger partial charge is 0.493 e. The van der Waals surface area contributed by atoms with Gasteiger partial charge in [-0.3, -0.25) is 9.59 Å². The van der Waals surface area contributed by atoms with Gasteiger partial charge in [-0.25, -0.2) is 5.43 Å². The van der Waals surface area contributed by atoms with E-state index in [9.17, 15) is 9.59 Å². The molecule has 0 aliphatic heterocycles. The molecule has 9 heteroatoms. The number of benzene rings is 2. The van der Waals surface area contributed by atoms with E-state index < -0.39 is 11.9 Å². The summed E-state index contributed by atoms with van der Waals surface area (Å²) in [5.41, 5.74) is 3.57. The molecule has 2 N–H and O–H groups in total. The molecular formula is C23H25ClIN3O4. The third kappa shape index (κ3) is 7.23. The Balaban J connectivity index is 2.09. The number of hydrogen-bond acceptors (Lipinski definition) is 5. The van der Waals surface area contributed by atoms with Gasteiger partial charge in [0.15, 0.2) is 11.5 Å². The van der Waals surface area contributed by atoms with Gasteiger partial charge in [-0.1, -0.05) is 44.2 Å². The van der Waals surface area contributed by atoms with Crippen molar-refractivity contribution in [2.75, 3.05) is 13.7 Å². The lowest BCUT2D eigenvalue weighted by molar-refractivity contribution is -0.123. The number of amides is 2. The third-order valence-corrected chi connectivity index (χ3v) is 5.34. The van der Waals surface area contributed by atoms with E-state index in [4.69, 9.17) is 21.1 Å². The topological polar surface area (TPSA) is 89.0 Å². The number of carbonyl (C=O) groups is 2. The summed E-state index contributed by atoms with van der Waals surface area (Å²) in [7, 11) is 1.55. The normalized spacial score (nSPS) is 11.8. The maximum Gasteiger partial charge on any atom is 0.262 e. The maximum absolute atomic E-state index is 12.6. The molecule has 2 aromatic rings. The van der Waals surface area contributed by atoms with Gasteiger partial charge in [-0.15, -0.1) is 0 Å². The van der Waals surface area contributed by atoms with Crippen LogP contribution >= 0.6 is 34.2 Å². The van der Waals surface area contributed by atoms with E-state index in [1.54, 1.807) is 43.5 Å². The molecular weight excluding hydrogens is 545 g/mol. The molecule has 0 saturated carbocycles. The smallest absolute Gasteiger partial charge is 0.262 e. The molecule has 0 aliphatic rings. The van der Waals surface area contributed by atoms with Gasteiger partial charge in [0.25, 0.3) is 11.8 Å². The number of carbonyl (C=O) groups excluding carboxylic acids is 2. The number of nitrogens with one attached hydrogen (secondary N) is 2. The third-order valence-electron chi connectivity index (χ3n) is 4.31. The van der Waals surface area contributed by atoms with Crippen molar-refractivity contribution in [1.82, 2.24) is 10.7 Å². The summed E-state index contributed by atoms with van der Waals surface area (Å²) >= 11 is 8.08. The van der Waals surface area contributed by atoms with Crippen LogP contribution in [0, 0.1) is 9.49 Å². The average Bonchev–Trinajstić information content (AvgIpc) is 2.75. The molecule has 0 radical (unpaired) electrons. The van der Waals surface area contributed by atoms with Crippen LogP contribution in [0.1, 0.15) is 29.8 Å². The zero-order valence-corrected chi connectivity index (χ0v) is 20.9. The molecule has 170 valence electrons. The van der Waals surface area contributed by atoms with Crippen molar-refractivity contribution in [3.63, 3.8) is 0 Å². The summed E-state index contributed by atoms with van der Waals surface area (Å²) in [5, 5.41) is 7.21. The van der Waals surface area contributed by atoms with Crippen molar-refractivity contribution in [1.29, 1.82) is 0 Å². The molecule has 7 nitrogen and oxygen atoms in total. The number of halogens is 2. The number of methoxy groups -OCH3 is 1. The standard InChI is InChI=1S/C23H25ClIN3O4/c1-5-9-32-21-18(25)10-15(11-19(21)31-4)13-26-28-23(30)20(14(2)3)27-22(29)16-7-6-8-17(24)12-16/h5-8,10-14,20H,1,9H2,2-4H3,(H,27,29)(H,28,30)/b26-13-. The van der Waals surface area contributed by atoms with Crippen molar-refractivity contribution in [2.24, 2.45) is 11.0 Å². The molecule has 0 aliphatic carbocycles. The second kappa shape index (κ2) is 12.4. The maximum atomic E-state index is 12.6. The summed E-state index contributed by atoms with van der Waals surface area (Å²) in [4.78, 5) is 25.2. The van der Waals surface area contributed by atoms with Gasteiger partial charge in [0.2, 0.25) is 0 Å². The molecule has 2 amide bonds. The average molecular weight is 570 g/mol. The first-order chi connectivity index (χ1) is 15.3. The van der Waals surface area contributed by atoms with Crippen LogP contribution in [0.25, 0.3) is 0 Å². The summed E-state index contributed by atoms with van der Waals surface area (Å²) in [6, 6.07) is 9.34. The zero-order valence-electron chi connectivity index (χ0n) is 18.0. The summed E-state index contributed by atoms with van der Waals surface area (Å²) in [6.45, 7) is 7.66. The number of hydrogen-bond donors (Lipinski definition) is 2. The molecule has 1 unspecified atom stereocenters. The van der Waals surface area contributed by atoms with Gasteiger partial charge in [-0.05, 0) is 64.4 Å². The minimum atomic E-state index is -0.775. The van der Waals surface area contributed by atoms with E-state index in [2.05, 4.69) is 45.0 Å². The minimum Gasteiger partial charge on any atom is -0.493 e. The first-order valence-corrected chi connectivity index (χ1v) is 11.2. The van der Waals surface area contributed by atoms with Gasteiger partial charge in [-0.2, -0.15) is 5.10 Å². The zero-order chi connectivity index (χ0) is 23.7. The monoisotopic (exact) mass is 569 g/mol. The van der Waals surface area contributed by atoms with Crippen LogP contribution in [0.2, 0.25) is 5.02 Å². The fourth-order valence-corrected chi connectivity index (χ4v) is 3.70. The van der Waals surface area contributed by atoms with E-state index in [0.29, 0.717) is 34.3 Å². The molecule has 0 bridgehead atoms. The van der Waals surface area contributed by atoms with E-state index in [1.807, 2.05) is 19.9 Å². The fourth-order valence-electron chi connectivity index (χ4n) is 2.73. The van der Waals surface area contributed by atoms with Crippen molar-refractivity contribution < 1.29 is 19.1 Å². The second-order valence-electron chi connectivity index (χ2n) is 7.07. The van der Waals surface area contributed by atoms with Crippen LogP contribution < -0.4 is 20.2 Å². The van der Waals surface area contributed by atoms with Crippen molar-refractivity contribution >= 4 is 52.2 Å². The van der Waals surface area contributed by atoms with Gasteiger partial charge >= 0.3 is 0 Å². The van der Waals surface area contributed by atoms with Crippen LogP contribution in [0.4, 0.5) is 0 Å². The van der Waals surface area contributed by atoms with Crippen LogP contribution in [-0.4, -0.2) is 37.8 Å².